The molecule has 5 nitrogen and oxygen atoms in total. The van der Waals surface area contributed by atoms with E-state index in [2.05, 4.69) is 17.2 Å². The summed E-state index contributed by atoms with van der Waals surface area (Å²) < 4.78 is 5.18. The maximum absolute atomic E-state index is 12.3. The minimum absolute atomic E-state index is 0.190. The molecule has 0 aromatic carbocycles. The predicted molar refractivity (Wildman–Crippen MR) is 76.9 cm³/mol. The molecule has 0 saturated carbocycles. The van der Waals surface area contributed by atoms with Crippen molar-refractivity contribution in [3.05, 3.63) is 0 Å². The van der Waals surface area contributed by atoms with Crippen molar-refractivity contribution in [2.45, 2.75) is 39.2 Å². The molecule has 1 saturated heterocycles. The van der Waals surface area contributed by atoms with E-state index in [-0.39, 0.29) is 23.8 Å². The molecule has 1 aliphatic heterocycles. The molecule has 0 radical (unpaired) electrons. The summed E-state index contributed by atoms with van der Waals surface area (Å²) in [6.07, 6.45) is 1.38. The Bertz CT molecular complexity index is 442. The fourth-order valence-electron chi connectivity index (χ4n) is 2.41. The number of methoxy groups -OCH3 is 1. The number of hydrogen-bond donors (Lipinski definition) is 1. The number of ether oxygens (including phenoxy) is 1. The summed E-state index contributed by atoms with van der Waals surface area (Å²) in [4.78, 5) is 26.1. The van der Waals surface area contributed by atoms with Gasteiger partial charge in [-0.25, -0.2) is 0 Å². The number of nitrogens with one attached hydrogen (secondary N) is 1. The Hall–Kier alpha value is -1.54. The van der Waals surface area contributed by atoms with Gasteiger partial charge in [0.25, 0.3) is 5.91 Å². The summed E-state index contributed by atoms with van der Waals surface area (Å²) in [6.45, 7) is 6.55. The van der Waals surface area contributed by atoms with Crippen LogP contribution in [0, 0.1) is 17.3 Å². The van der Waals surface area contributed by atoms with E-state index in [4.69, 9.17) is 4.74 Å². The first-order valence-corrected chi connectivity index (χ1v) is 6.83. The van der Waals surface area contributed by atoms with Crippen molar-refractivity contribution in [1.82, 2.24) is 10.2 Å². The number of hydrogen-bond acceptors (Lipinski definition) is 3. The van der Waals surface area contributed by atoms with Crippen molar-refractivity contribution in [2.75, 3.05) is 27.3 Å². The zero-order chi connectivity index (χ0) is 15.4. The quantitative estimate of drug-likeness (QED) is 0.778. The molecular weight excluding hydrogens is 256 g/mol. The second kappa shape index (κ2) is 6.27. The predicted octanol–water partition coefficient (Wildman–Crippen LogP) is 0.789. The van der Waals surface area contributed by atoms with E-state index in [0.29, 0.717) is 13.0 Å². The van der Waals surface area contributed by atoms with Crippen LogP contribution in [0.3, 0.4) is 0 Å². The number of rotatable bonds is 3. The van der Waals surface area contributed by atoms with Crippen molar-refractivity contribution in [3.8, 4) is 11.8 Å². The van der Waals surface area contributed by atoms with Crippen LogP contribution in [0.4, 0.5) is 0 Å². The summed E-state index contributed by atoms with van der Waals surface area (Å²) in [5.41, 5.74) is -1.17. The van der Waals surface area contributed by atoms with Gasteiger partial charge in [-0.1, -0.05) is 5.92 Å². The molecule has 20 heavy (non-hydrogen) atoms. The van der Waals surface area contributed by atoms with Gasteiger partial charge in [0.15, 0.2) is 0 Å². The van der Waals surface area contributed by atoms with Crippen LogP contribution in [0.25, 0.3) is 0 Å². The molecule has 5 heteroatoms. The van der Waals surface area contributed by atoms with E-state index in [0.717, 1.165) is 6.42 Å². The molecule has 0 aliphatic carbocycles. The van der Waals surface area contributed by atoms with Gasteiger partial charge in [-0.2, -0.15) is 0 Å². The lowest BCUT2D eigenvalue weighted by atomic mass is 9.95. The van der Waals surface area contributed by atoms with E-state index >= 15 is 0 Å². The van der Waals surface area contributed by atoms with Crippen LogP contribution in [-0.4, -0.2) is 49.6 Å². The molecule has 1 rings (SSSR count). The summed E-state index contributed by atoms with van der Waals surface area (Å²) in [5.74, 6) is 5.08. The van der Waals surface area contributed by atoms with Gasteiger partial charge in [-0.3, -0.25) is 9.59 Å². The van der Waals surface area contributed by atoms with Gasteiger partial charge in [0.1, 0.15) is 5.54 Å². The molecule has 1 atom stereocenters. The fraction of sp³-hybridized carbons (Fsp3) is 0.733. The van der Waals surface area contributed by atoms with Crippen LogP contribution in [0.2, 0.25) is 0 Å². The zero-order valence-corrected chi connectivity index (χ0v) is 13.0. The average molecular weight is 280 g/mol. The van der Waals surface area contributed by atoms with E-state index in [9.17, 15) is 9.59 Å². The smallest absolute Gasteiger partial charge is 0.299 e. The summed E-state index contributed by atoms with van der Waals surface area (Å²) >= 11 is 0. The molecule has 0 spiro atoms. The topological polar surface area (TPSA) is 58.6 Å². The van der Waals surface area contributed by atoms with E-state index in [1.165, 1.54) is 7.11 Å². The number of likely N-dealkylation sites (N-methyl/N-ethyl adjacent to an activating group) is 1. The van der Waals surface area contributed by atoms with E-state index in [1.807, 2.05) is 20.8 Å². The summed E-state index contributed by atoms with van der Waals surface area (Å²) in [7, 11) is 3.11. The van der Waals surface area contributed by atoms with Crippen molar-refractivity contribution in [2.24, 2.45) is 5.41 Å². The Morgan fingerprint density at radius 2 is 2.05 bits per heavy atom. The lowest BCUT2D eigenvalue weighted by Gasteiger charge is -2.35. The van der Waals surface area contributed by atoms with E-state index in [1.54, 1.807) is 11.9 Å². The molecule has 1 fully saturated rings. The lowest BCUT2D eigenvalue weighted by molar-refractivity contribution is -0.144. The Morgan fingerprint density at radius 1 is 1.40 bits per heavy atom. The van der Waals surface area contributed by atoms with Crippen molar-refractivity contribution >= 4 is 11.8 Å². The van der Waals surface area contributed by atoms with Crippen molar-refractivity contribution < 1.29 is 14.3 Å². The number of likely N-dealkylation sites (tertiary alicyclic amines) is 1. The highest BCUT2D eigenvalue weighted by atomic mass is 16.5. The highest BCUT2D eigenvalue weighted by molar-refractivity contribution is 5.99. The minimum Gasteiger partial charge on any atom is -0.382 e. The zero-order valence-electron chi connectivity index (χ0n) is 13.0. The maximum atomic E-state index is 12.3. The summed E-state index contributed by atoms with van der Waals surface area (Å²) in [6, 6.07) is 0. The van der Waals surface area contributed by atoms with Crippen molar-refractivity contribution in [3.63, 3.8) is 0 Å². The van der Waals surface area contributed by atoms with Gasteiger partial charge in [0.2, 0.25) is 5.91 Å². The van der Waals surface area contributed by atoms with Crippen LogP contribution < -0.4 is 5.32 Å². The van der Waals surface area contributed by atoms with Gasteiger partial charge in [0, 0.05) is 26.1 Å². The Balaban J connectivity index is 3.04. The van der Waals surface area contributed by atoms with Gasteiger partial charge in [-0.15, -0.1) is 0 Å². The maximum Gasteiger partial charge on any atom is 0.299 e. The average Bonchev–Trinajstić information content (AvgIpc) is 2.79. The molecule has 0 bridgehead atoms. The first-order valence-electron chi connectivity index (χ1n) is 6.83. The number of amides is 2. The number of carbonyl (C=O) groups is 2. The Labute approximate surface area is 121 Å². The second-order valence-corrected chi connectivity index (χ2v) is 6.10. The van der Waals surface area contributed by atoms with Crippen LogP contribution in [0.1, 0.15) is 33.6 Å². The van der Waals surface area contributed by atoms with Crippen molar-refractivity contribution in [1.29, 1.82) is 0 Å². The van der Waals surface area contributed by atoms with Crippen LogP contribution in [0.5, 0.6) is 0 Å². The fourth-order valence-corrected chi connectivity index (χ4v) is 2.41. The molecule has 0 aromatic rings. The molecular formula is C15H24N2O3. The normalized spacial score (nSPS) is 22.1. The van der Waals surface area contributed by atoms with Crippen LogP contribution in [-0.2, 0) is 14.3 Å². The molecule has 1 unspecified atom stereocenters. The SMILES string of the molecule is CNC(=O)C1(COC)CCCN1C(=O)C#CC(C)(C)C. The van der Waals surface area contributed by atoms with Crippen LogP contribution >= 0.6 is 0 Å². The van der Waals surface area contributed by atoms with E-state index < -0.39 is 5.54 Å². The minimum atomic E-state index is -0.923. The van der Waals surface area contributed by atoms with Crippen LogP contribution in [0.15, 0.2) is 0 Å². The van der Waals surface area contributed by atoms with Gasteiger partial charge >= 0.3 is 0 Å². The molecule has 112 valence electrons. The van der Waals surface area contributed by atoms with Gasteiger partial charge < -0.3 is 15.0 Å². The Morgan fingerprint density at radius 3 is 2.55 bits per heavy atom. The Kier molecular flexibility index (Phi) is 5.18. The number of nitrogens with zero attached hydrogens (tertiary/aromatic N) is 1. The highest BCUT2D eigenvalue weighted by Gasteiger charge is 2.49. The molecule has 0 aromatic heterocycles. The summed E-state index contributed by atoms with van der Waals surface area (Å²) in [5, 5.41) is 2.63. The highest BCUT2D eigenvalue weighted by Crippen LogP contribution is 2.30. The second-order valence-electron chi connectivity index (χ2n) is 6.10. The molecule has 1 heterocycles. The number of carbonyl (C=O) groups excluding carboxylic acids is 2. The molecule has 1 aliphatic rings. The third kappa shape index (κ3) is 3.51. The molecule has 1 N–H and O–H groups in total. The van der Waals surface area contributed by atoms with Gasteiger partial charge in [0.05, 0.1) is 6.61 Å². The monoisotopic (exact) mass is 280 g/mol. The largest absolute Gasteiger partial charge is 0.382 e. The van der Waals surface area contributed by atoms with Gasteiger partial charge in [-0.05, 0) is 39.5 Å². The standard InChI is InChI=1S/C15H24N2O3/c1-14(2,3)9-7-12(18)17-10-6-8-15(17,11-20-5)13(19)16-4/h6,8,10-11H2,1-5H3,(H,16,19). The molecule has 2 amide bonds. The third-order valence-corrected chi connectivity index (χ3v) is 3.31. The third-order valence-electron chi connectivity index (χ3n) is 3.31. The first-order chi connectivity index (χ1) is 9.27. The first kappa shape index (κ1) is 16.5. The lowest BCUT2D eigenvalue weighted by Crippen LogP contribution is -2.59.